The maximum atomic E-state index is 5.56. The van der Waals surface area contributed by atoms with Gasteiger partial charge in [0.1, 0.15) is 0 Å². The topological polar surface area (TPSA) is 36.9 Å². The van der Waals surface area contributed by atoms with E-state index < -0.39 is 0 Å². The largest absolute Gasteiger partial charge is 0.381 e. The Morgan fingerprint density at radius 2 is 2.30 bits per heavy atom. The smallest absolute Gasteiger partial charge is 0.193 e. The van der Waals surface area contributed by atoms with Crippen molar-refractivity contribution in [1.82, 2.24) is 10.2 Å². The highest BCUT2D eigenvalue weighted by Crippen LogP contribution is 2.18. The van der Waals surface area contributed by atoms with Gasteiger partial charge >= 0.3 is 0 Å². The number of rotatable bonds is 6. The van der Waals surface area contributed by atoms with Gasteiger partial charge in [-0.25, -0.2) is 0 Å². The second-order valence-electron chi connectivity index (χ2n) is 6.50. The van der Waals surface area contributed by atoms with Crippen LogP contribution < -0.4 is 5.32 Å². The highest BCUT2D eigenvalue weighted by molar-refractivity contribution is 5.80. The first-order valence-corrected chi connectivity index (χ1v) is 8.74. The fourth-order valence-corrected chi connectivity index (χ4v) is 3.12. The Kier molecular flexibility index (Phi) is 6.90. The Morgan fingerprint density at radius 1 is 1.48 bits per heavy atom. The van der Waals surface area contributed by atoms with E-state index >= 15 is 0 Å². The molecule has 23 heavy (non-hydrogen) atoms. The van der Waals surface area contributed by atoms with Crippen molar-refractivity contribution < 1.29 is 4.74 Å². The van der Waals surface area contributed by atoms with Crippen LogP contribution in [0.1, 0.15) is 37.3 Å². The van der Waals surface area contributed by atoms with Crippen LogP contribution in [0.4, 0.5) is 0 Å². The van der Waals surface area contributed by atoms with E-state index in [0.29, 0.717) is 11.8 Å². The fraction of sp³-hybridized carbons (Fsp3) is 0.632. The van der Waals surface area contributed by atoms with E-state index in [2.05, 4.69) is 60.2 Å². The lowest BCUT2D eigenvalue weighted by atomic mass is 9.99. The van der Waals surface area contributed by atoms with Crippen LogP contribution in [-0.4, -0.2) is 50.8 Å². The van der Waals surface area contributed by atoms with Gasteiger partial charge in [0.05, 0.1) is 6.61 Å². The third-order valence-corrected chi connectivity index (χ3v) is 4.53. The SMILES string of the molecule is CCOCC1CCN(C(=NC)NCC(C)c2cccc(C)c2)C1. The molecule has 0 aliphatic carbocycles. The third-order valence-electron chi connectivity index (χ3n) is 4.53. The molecule has 1 saturated heterocycles. The van der Waals surface area contributed by atoms with E-state index in [1.54, 1.807) is 0 Å². The average molecular weight is 317 g/mol. The van der Waals surface area contributed by atoms with E-state index in [-0.39, 0.29) is 0 Å². The first kappa shape index (κ1) is 17.8. The molecule has 128 valence electrons. The lowest BCUT2D eigenvalue weighted by molar-refractivity contribution is 0.114. The van der Waals surface area contributed by atoms with E-state index in [4.69, 9.17) is 4.74 Å². The van der Waals surface area contributed by atoms with E-state index in [1.165, 1.54) is 17.5 Å². The number of guanidine groups is 1. The van der Waals surface area contributed by atoms with Crippen molar-refractivity contribution in [3.63, 3.8) is 0 Å². The van der Waals surface area contributed by atoms with Gasteiger partial charge in [-0.1, -0.05) is 36.8 Å². The van der Waals surface area contributed by atoms with Crippen LogP contribution in [0.5, 0.6) is 0 Å². The number of benzene rings is 1. The minimum Gasteiger partial charge on any atom is -0.381 e. The van der Waals surface area contributed by atoms with Crippen LogP contribution in [0.15, 0.2) is 29.3 Å². The molecule has 1 heterocycles. The van der Waals surface area contributed by atoms with Crippen LogP contribution in [0.3, 0.4) is 0 Å². The molecule has 1 aromatic carbocycles. The first-order valence-electron chi connectivity index (χ1n) is 8.74. The lowest BCUT2D eigenvalue weighted by Gasteiger charge is -2.23. The summed E-state index contributed by atoms with van der Waals surface area (Å²) in [5.74, 6) is 2.11. The Morgan fingerprint density at radius 3 is 3.00 bits per heavy atom. The number of aliphatic imine (C=N–C) groups is 1. The molecule has 4 nitrogen and oxygen atoms in total. The molecular formula is C19H31N3O. The number of hydrogen-bond donors (Lipinski definition) is 1. The van der Waals surface area contributed by atoms with Crippen molar-refractivity contribution in [3.8, 4) is 0 Å². The molecule has 0 aromatic heterocycles. The minimum absolute atomic E-state index is 0.466. The molecule has 2 unspecified atom stereocenters. The van der Waals surface area contributed by atoms with Gasteiger partial charge in [0, 0.05) is 39.2 Å². The van der Waals surface area contributed by atoms with E-state index in [1.807, 2.05) is 7.05 Å². The van der Waals surface area contributed by atoms with E-state index in [0.717, 1.165) is 38.8 Å². The standard InChI is InChI=1S/C19H31N3O/c1-5-23-14-17-9-10-22(13-17)19(20-4)21-12-16(3)18-8-6-7-15(2)11-18/h6-8,11,16-17H,5,9-10,12-14H2,1-4H3,(H,20,21). The van der Waals surface area contributed by atoms with Crippen LogP contribution in [0.25, 0.3) is 0 Å². The Bertz CT molecular complexity index is 515. The molecule has 0 bridgehead atoms. The fourth-order valence-electron chi connectivity index (χ4n) is 3.12. The molecule has 0 saturated carbocycles. The third kappa shape index (κ3) is 5.24. The highest BCUT2D eigenvalue weighted by Gasteiger charge is 2.25. The summed E-state index contributed by atoms with van der Waals surface area (Å²) in [4.78, 5) is 6.81. The molecular weight excluding hydrogens is 286 g/mol. The van der Waals surface area contributed by atoms with Gasteiger partial charge in [-0.15, -0.1) is 0 Å². The predicted molar refractivity (Wildman–Crippen MR) is 97.1 cm³/mol. The normalized spacial score (nSPS) is 19.9. The predicted octanol–water partition coefficient (Wildman–Crippen LogP) is 3.03. The Labute approximate surface area is 140 Å². The zero-order valence-corrected chi connectivity index (χ0v) is 15.0. The van der Waals surface area contributed by atoms with Crippen molar-refractivity contribution in [2.45, 2.75) is 33.1 Å². The summed E-state index contributed by atoms with van der Waals surface area (Å²) in [6.07, 6.45) is 1.19. The van der Waals surface area contributed by atoms with Crippen LogP contribution in [0, 0.1) is 12.8 Å². The molecule has 1 aliphatic heterocycles. The summed E-state index contributed by atoms with van der Waals surface area (Å²) in [5, 5.41) is 3.54. The quantitative estimate of drug-likeness (QED) is 0.647. The maximum absolute atomic E-state index is 5.56. The first-order chi connectivity index (χ1) is 11.1. The summed E-state index contributed by atoms with van der Waals surface area (Å²) >= 11 is 0. The number of nitrogens with zero attached hydrogens (tertiary/aromatic N) is 2. The van der Waals surface area contributed by atoms with Gasteiger partial charge in [-0.2, -0.15) is 0 Å². The Balaban J connectivity index is 1.84. The van der Waals surface area contributed by atoms with Crippen molar-refractivity contribution >= 4 is 5.96 Å². The monoisotopic (exact) mass is 317 g/mol. The van der Waals surface area contributed by atoms with Crippen molar-refractivity contribution in [2.24, 2.45) is 10.9 Å². The van der Waals surface area contributed by atoms with Gasteiger partial charge < -0.3 is 15.0 Å². The number of ether oxygens (including phenoxy) is 1. The molecule has 4 heteroatoms. The highest BCUT2D eigenvalue weighted by atomic mass is 16.5. The van der Waals surface area contributed by atoms with E-state index in [9.17, 15) is 0 Å². The maximum Gasteiger partial charge on any atom is 0.193 e. The summed E-state index contributed by atoms with van der Waals surface area (Å²) in [5.41, 5.74) is 2.70. The summed E-state index contributed by atoms with van der Waals surface area (Å²) in [6.45, 7) is 11.1. The number of hydrogen-bond acceptors (Lipinski definition) is 2. The molecule has 0 amide bonds. The van der Waals surface area contributed by atoms with Gasteiger partial charge in [0.2, 0.25) is 0 Å². The van der Waals surface area contributed by atoms with Gasteiger partial charge in [-0.3, -0.25) is 4.99 Å². The number of nitrogens with one attached hydrogen (secondary N) is 1. The van der Waals surface area contributed by atoms with Crippen LogP contribution in [-0.2, 0) is 4.74 Å². The summed E-state index contributed by atoms with van der Waals surface area (Å²) < 4.78 is 5.56. The van der Waals surface area contributed by atoms with Gasteiger partial charge in [0.15, 0.2) is 5.96 Å². The molecule has 2 atom stereocenters. The molecule has 1 aliphatic rings. The van der Waals surface area contributed by atoms with Gasteiger partial charge in [0.25, 0.3) is 0 Å². The zero-order chi connectivity index (χ0) is 16.7. The van der Waals surface area contributed by atoms with Gasteiger partial charge in [-0.05, 0) is 31.7 Å². The number of aryl methyl sites for hydroxylation is 1. The second-order valence-corrected chi connectivity index (χ2v) is 6.50. The molecule has 0 radical (unpaired) electrons. The minimum atomic E-state index is 0.466. The summed E-state index contributed by atoms with van der Waals surface area (Å²) in [6, 6.07) is 8.75. The molecule has 0 spiro atoms. The van der Waals surface area contributed by atoms with Crippen molar-refractivity contribution in [2.75, 3.05) is 39.9 Å². The molecule has 2 rings (SSSR count). The second kappa shape index (κ2) is 8.92. The average Bonchev–Trinajstić information content (AvgIpc) is 3.02. The van der Waals surface area contributed by atoms with Crippen molar-refractivity contribution in [3.05, 3.63) is 35.4 Å². The molecule has 1 fully saturated rings. The van der Waals surface area contributed by atoms with Crippen molar-refractivity contribution in [1.29, 1.82) is 0 Å². The zero-order valence-electron chi connectivity index (χ0n) is 15.0. The molecule has 1 aromatic rings. The Hall–Kier alpha value is -1.55. The summed E-state index contributed by atoms with van der Waals surface area (Å²) in [7, 11) is 1.87. The molecule has 1 N–H and O–H groups in total. The van der Waals surface area contributed by atoms with Crippen LogP contribution >= 0.6 is 0 Å². The lowest BCUT2D eigenvalue weighted by Crippen LogP contribution is -2.41. The number of likely N-dealkylation sites (tertiary alicyclic amines) is 1. The van der Waals surface area contributed by atoms with Crippen LogP contribution in [0.2, 0.25) is 0 Å².